The second kappa shape index (κ2) is 9.81. The van der Waals surface area contributed by atoms with Gasteiger partial charge >= 0.3 is 0 Å². The molecule has 2 aromatic carbocycles. The summed E-state index contributed by atoms with van der Waals surface area (Å²) in [6, 6.07) is 18.1. The van der Waals surface area contributed by atoms with E-state index in [1.165, 1.54) is 11.1 Å². The predicted molar refractivity (Wildman–Crippen MR) is 123 cm³/mol. The van der Waals surface area contributed by atoms with Gasteiger partial charge in [0.05, 0.1) is 22.7 Å². The topological polar surface area (TPSA) is 46.4 Å². The second-order valence-corrected chi connectivity index (χ2v) is 8.28. The van der Waals surface area contributed by atoms with Gasteiger partial charge in [-0.2, -0.15) is 5.10 Å². The molecule has 0 fully saturated rings. The van der Waals surface area contributed by atoms with Crippen molar-refractivity contribution < 1.29 is 4.79 Å². The zero-order valence-electron chi connectivity index (χ0n) is 16.8. The van der Waals surface area contributed by atoms with Crippen LogP contribution in [0.15, 0.2) is 59.7 Å². The number of thioether (sulfide) groups is 1. The Kier molecular flexibility index (Phi) is 7.18. The van der Waals surface area contributed by atoms with E-state index in [0.29, 0.717) is 10.8 Å². The number of halogens is 1. The molecule has 150 valence electrons. The molecule has 3 rings (SSSR count). The summed E-state index contributed by atoms with van der Waals surface area (Å²) in [5, 5.41) is 4.82. The highest BCUT2D eigenvalue weighted by Crippen LogP contribution is 2.25. The van der Waals surface area contributed by atoms with Crippen LogP contribution in [-0.2, 0) is 10.5 Å². The lowest BCUT2D eigenvalue weighted by Gasteiger charge is -2.11. The number of benzene rings is 2. The van der Waals surface area contributed by atoms with Gasteiger partial charge in [-0.05, 0) is 44.5 Å². The average Bonchev–Trinajstić information content (AvgIpc) is 2.97. The lowest BCUT2D eigenvalue weighted by Crippen LogP contribution is -2.19. The Balaban J connectivity index is 1.56. The molecule has 0 aliphatic heterocycles. The lowest BCUT2D eigenvalue weighted by atomic mass is 10.2. The molecule has 0 radical (unpaired) electrons. The lowest BCUT2D eigenvalue weighted by molar-refractivity contribution is -0.118. The first-order valence-electron chi connectivity index (χ1n) is 9.34. The van der Waals surface area contributed by atoms with E-state index in [1.54, 1.807) is 18.0 Å². The highest BCUT2D eigenvalue weighted by Gasteiger charge is 2.11. The molecule has 0 bridgehead atoms. The molecule has 0 unspecified atom stereocenters. The molecule has 1 heterocycles. The number of aryl methyl sites for hydroxylation is 2. The first kappa shape index (κ1) is 21.2. The highest BCUT2D eigenvalue weighted by atomic mass is 35.5. The van der Waals surface area contributed by atoms with E-state index in [4.69, 9.17) is 11.6 Å². The number of nitrogens with zero attached hydrogens (tertiary/aromatic N) is 2. The van der Waals surface area contributed by atoms with Crippen molar-refractivity contribution >= 4 is 35.5 Å². The Bertz CT molecular complexity index is 1030. The zero-order valence-corrected chi connectivity index (χ0v) is 18.3. The maximum Gasteiger partial charge on any atom is 0.250 e. The average molecular weight is 426 g/mol. The molecule has 29 heavy (non-hydrogen) atoms. The SMILES string of the molecule is Cc1ccc(CSCC(=O)N/N=C/c2cc(C)n(-c3ccccc3Cl)c2C)cc1. The van der Waals surface area contributed by atoms with Gasteiger partial charge < -0.3 is 4.57 Å². The molecule has 3 aromatic rings. The number of nitrogens with one attached hydrogen (secondary N) is 1. The third kappa shape index (κ3) is 5.52. The van der Waals surface area contributed by atoms with Gasteiger partial charge in [0.2, 0.25) is 5.91 Å². The number of hydrogen-bond acceptors (Lipinski definition) is 3. The number of amides is 1. The van der Waals surface area contributed by atoms with Crippen molar-refractivity contribution in [3.63, 3.8) is 0 Å². The van der Waals surface area contributed by atoms with Crippen molar-refractivity contribution in [3.8, 4) is 5.69 Å². The molecule has 0 aliphatic rings. The van der Waals surface area contributed by atoms with Crippen LogP contribution in [-0.4, -0.2) is 22.4 Å². The monoisotopic (exact) mass is 425 g/mol. The van der Waals surface area contributed by atoms with Crippen LogP contribution in [0.1, 0.15) is 28.1 Å². The third-order valence-electron chi connectivity index (χ3n) is 4.58. The Morgan fingerprint density at radius 2 is 1.86 bits per heavy atom. The van der Waals surface area contributed by atoms with Gasteiger partial charge in [-0.15, -0.1) is 11.8 Å². The van der Waals surface area contributed by atoms with Gasteiger partial charge in [-0.3, -0.25) is 4.79 Å². The predicted octanol–water partition coefficient (Wildman–Crippen LogP) is 5.44. The summed E-state index contributed by atoms with van der Waals surface area (Å²) in [4.78, 5) is 12.0. The van der Waals surface area contributed by atoms with E-state index >= 15 is 0 Å². The molecule has 0 saturated heterocycles. The summed E-state index contributed by atoms with van der Waals surface area (Å²) in [6.07, 6.45) is 1.68. The van der Waals surface area contributed by atoms with Crippen LogP contribution in [0.25, 0.3) is 5.69 Å². The molecule has 4 nitrogen and oxygen atoms in total. The molecule has 1 aromatic heterocycles. The van der Waals surface area contributed by atoms with Crippen LogP contribution in [0.2, 0.25) is 5.02 Å². The number of hydrazone groups is 1. The van der Waals surface area contributed by atoms with Gasteiger partial charge in [0.1, 0.15) is 0 Å². The molecule has 1 amide bonds. The number of carbonyl (C=O) groups is 1. The third-order valence-corrected chi connectivity index (χ3v) is 5.90. The molecule has 0 atom stereocenters. The second-order valence-electron chi connectivity index (χ2n) is 6.88. The number of hydrogen-bond donors (Lipinski definition) is 1. The zero-order chi connectivity index (χ0) is 20.8. The molecule has 0 aliphatic carbocycles. The maximum atomic E-state index is 12.0. The van der Waals surface area contributed by atoms with Gasteiger partial charge in [0.25, 0.3) is 0 Å². The summed E-state index contributed by atoms with van der Waals surface area (Å²) >= 11 is 7.91. The minimum absolute atomic E-state index is 0.113. The fraction of sp³-hybridized carbons (Fsp3) is 0.217. The number of aromatic nitrogens is 1. The number of rotatable bonds is 7. The Morgan fingerprint density at radius 1 is 1.14 bits per heavy atom. The van der Waals surface area contributed by atoms with Crippen LogP contribution in [0.3, 0.4) is 0 Å². The summed E-state index contributed by atoms with van der Waals surface area (Å²) < 4.78 is 2.09. The summed E-state index contributed by atoms with van der Waals surface area (Å²) in [6.45, 7) is 6.10. The van der Waals surface area contributed by atoms with Gasteiger partial charge in [-0.25, -0.2) is 5.43 Å². The van der Waals surface area contributed by atoms with E-state index in [-0.39, 0.29) is 5.91 Å². The van der Waals surface area contributed by atoms with Gasteiger partial charge in [-0.1, -0.05) is 53.6 Å². The van der Waals surface area contributed by atoms with Crippen molar-refractivity contribution in [1.82, 2.24) is 9.99 Å². The molecule has 0 saturated carbocycles. The number of para-hydroxylation sites is 1. The van der Waals surface area contributed by atoms with Crippen LogP contribution < -0.4 is 5.43 Å². The van der Waals surface area contributed by atoms with Crippen LogP contribution >= 0.6 is 23.4 Å². The largest absolute Gasteiger partial charge is 0.316 e. The van der Waals surface area contributed by atoms with Gasteiger partial charge in [0.15, 0.2) is 0 Å². The standard InChI is InChI=1S/C23H24ClN3OS/c1-16-8-10-19(11-9-16)14-29-15-23(28)26-25-13-20-12-17(2)27(18(20)3)22-7-5-4-6-21(22)24/h4-13H,14-15H2,1-3H3,(H,26,28)/b25-13+. The smallest absolute Gasteiger partial charge is 0.250 e. The molecule has 6 heteroatoms. The molecular formula is C23H24ClN3OS. The molecule has 1 N–H and O–H groups in total. The van der Waals surface area contributed by atoms with E-state index in [1.807, 2.05) is 44.2 Å². The van der Waals surface area contributed by atoms with Gasteiger partial charge in [0, 0.05) is 22.7 Å². The van der Waals surface area contributed by atoms with Crippen molar-refractivity contribution in [2.24, 2.45) is 5.10 Å². The molecular weight excluding hydrogens is 402 g/mol. The maximum absolute atomic E-state index is 12.0. The highest BCUT2D eigenvalue weighted by molar-refractivity contribution is 7.99. The summed E-state index contributed by atoms with van der Waals surface area (Å²) in [5.41, 5.74) is 9.00. The van der Waals surface area contributed by atoms with E-state index in [2.05, 4.69) is 46.3 Å². The van der Waals surface area contributed by atoms with E-state index in [9.17, 15) is 4.79 Å². The fourth-order valence-corrected chi connectivity index (χ4v) is 4.07. The van der Waals surface area contributed by atoms with Crippen LogP contribution in [0, 0.1) is 20.8 Å². The van der Waals surface area contributed by atoms with Crippen LogP contribution in [0.5, 0.6) is 0 Å². The normalized spacial score (nSPS) is 11.2. The van der Waals surface area contributed by atoms with Crippen LogP contribution in [0.4, 0.5) is 0 Å². The first-order chi connectivity index (χ1) is 14.0. The molecule has 0 spiro atoms. The summed E-state index contributed by atoms with van der Waals surface area (Å²) in [7, 11) is 0. The Labute approximate surface area is 181 Å². The van der Waals surface area contributed by atoms with E-state index in [0.717, 1.165) is 28.4 Å². The number of carbonyl (C=O) groups excluding carboxylic acids is 1. The van der Waals surface area contributed by atoms with E-state index < -0.39 is 0 Å². The summed E-state index contributed by atoms with van der Waals surface area (Å²) in [5.74, 6) is 1.05. The van der Waals surface area contributed by atoms with Crippen molar-refractivity contribution in [2.45, 2.75) is 26.5 Å². The Morgan fingerprint density at radius 3 is 2.59 bits per heavy atom. The fourth-order valence-electron chi connectivity index (χ4n) is 3.07. The Hall–Kier alpha value is -2.50. The first-order valence-corrected chi connectivity index (χ1v) is 10.9. The van der Waals surface area contributed by atoms with Crippen molar-refractivity contribution in [1.29, 1.82) is 0 Å². The van der Waals surface area contributed by atoms with Crippen molar-refractivity contribution in [2.75, 3.05) is 5.75 Å². The minimum atomic E-state index is -0.113. The minimum Gasteiger partial charge on any atom is -0.316 e. The quantitative estimate of drug-likeness (QED) is 0.404. The van der Waals surface area contributed by atoms with Crippen molar-refractivity contribution in [3.05, 3.63) is 87.7 Å².